The average molecular weight is 527 g/mol. The summed E-state index contributed by atoms with van der Waals surface area (Å²) in [7, 11) is 0. The zero-order valence-electron chi connectivity index (χ0n) is 24.6. The lowest BCUT2D eigenvalue weighted by Crippen LogP contribution is -2.48. The molecule has 0 bridgehead atoms. The lowest BCUT2D eigenvalue weighted by Gasteiger charge is -2.32. The number of rotatable bonds is 8. The lowest BCUT2D eigenvalue weighted by atomic mass is 10.1. The maximum atomic E-state index is 3.43. The molecular formula is C38H42N2+2. The van der Waals surface area contributed by atoms with Gasteiger partial charge in [0.1, 0.15) is 26.2 Å². The summed E-state index contributed by atoms with van der Waals surface area (Å²) in [4.78, 5) is 0. The quantitative estimate of drug-likeness (QED) is 0.242. The molecule has 0 atom stereocenters. The molecule has 0 aromatic heterocycles. The molecule has 3 rings (SSSR count). The Morgan fingerprint density at radius 1 is 0.375 bits per heavy atom. The zero-order chi connectivity index (χ0) is 28.5. The Labute approximate surface area is 243 Å². The summed E-state index contributed by atoms with van der Waals surface area (Å²) in [5.74, 6) is 26.9. The smallest absolute Gasteiger partial charge is 0.142 e. The van der Waals surface area contributed by atoms with E-state index in [0.29, 0.717) is 0 Å². The number of nitrogens with zero attached hydrogens (tertiary/aromatic N) is 2. The van der Waals surface area contributed by atoms with Crippen molar-refractivity contribution in [2.75, 3.05) is 52.4 Å². The lowest BCUT2D eigenvalue weighted by molar-refractivity contribution is -0.911. The molecule has 0 N–H and O–H groups in total. The average Bonchev–Trinajstić information content (AvgIpc) is 3.01. The van der Waals surface area contributed by atoms with Crippen LogP contribution in [0.2, 0.25) is 0 Å². The van der Waals surface area contributed by atoms with Gasteiger partial charge in [-0.05, 0) is 99.9 Å². The summed E-state index contributed by atoms with van der Waals surface area (Å²) in [6.45, 7) is 16.1. The third kappa shape index (κ3) is 9.53. The number of hydrogen-bond acceptors (Lipinski definition) is 0. The molecule has 40 heavy (non-hydrogen) atoms. The van der Waals surface area contributed by atoms with Crippen molar-refractivity contribution < 1.29 is 8.97 Å². The van der Waals surface area contributed by atoms with Gasteiger partial charge >= 0.3 is 0 Å². The normalized spacial score (nSPS) is 10.5. The van der Waals surface area contributed by atoms with E-state index in [0.717, 1.165) is 83.6 Å². The van der Waals surface area contributed by atoms with E-state index in [2.05, 4.69) is 124 Å². The van der Waals surface area contributed by atoms with Gasteiger partial charge in [0, 0.05) is 22.3 Å². The minimum absolute atomic E-state index is 0.791. The maximum Gasteiger partial charge on any atom is 0.142 e. The van der Waals surface area contributed by atoms with E-state index in [1.807, 2.05) is 36.4 Å². The van der Waals surface area contributed by atoms with E-state index in [9.17, 15) is 0 Å². The van der Waals surface area contributed by atoms with Crippen molar-refractivity contribution >= 4 is 0 Å². The fourth-order valence-electron chi connectivity index (χ4n) is 4.37. The van der Waals surface area contributed by atoms with E-state index in [1.54, 1.807) is 0 Å². The first-order valence-electron chi connectivity index (χ1n) is 14.4. The molecule has 202 valence electrons. The molecule has 0 aliphatic carbocycles. The van der Waals surface area contributed by atoms with E-state index < -0.39 is 0 Å². The molecule has 0 unspecified atom stereocenters. The van der Waals surface area contributed by atoms with Crippen molar-refractivity contribution in [1.82, 2.24) is 0 Å². The van der Waals surface area contributed by atoms with Crippen LogP contribution in [0.4, 0.5) is 0 Å². The van der Waals surface area contributed by atoms with Crippen molar-refractivity contribution in [3.8, 4) is 47.4 Å². The van der Waals surface area contributed by atoms with Gasteiger partial charge in [-0.3, -0.25) is 0 Å². The first-order chi connectivity index (χ1) is 19.6. The monoisotopic (exact) mass is 526 g/mol. The molecule has 2 heteroatoms. The van der Waals surface area contributed by atoms with Gasteiger partial charge in [0.05, 0.1) is 26.2 Å². The number of quaternary nitrogens is 2. The summed E-state index contributed by atoms with van der Waals surface area (Å²) < 4.78 is 1.75. The summed E-state index contributed by atoms with van der Waals surface area (Å²) in [5.41, 5.74) is 4.17. The van der Waals surface area contributed by atoms with Gasteiger partial charge in [-0.15, -0.1) is 0 Å². The van der Waals surface area contributed by atoms with Crippen LogP contribution >= 0.6 is 0 Å². The van der Waals surface area contributed by atoms with Gasteiger partial charge in [0.2, 0.25) is 0 Å². The molecule has 2 nitrogen and oxygen atoms in total. The molecule has 0 heterocycles. The van der Waals surface area contributed by atoms with Crippen molar-refractivity contribution in [3.05, 3.63) is 107 Å². The highest BCUT2D eigenvalue weighted by Gasteiger charge is 2.21. The summed E-state index contributed by atoms with van der Waals surface area (Å²) in [6, 6.07) is 28.7. The third-order valence-corrected chi connectivity index (χ3v) is 7.70. The number of hydrogen-bond donors (Lipinski definition) is 0. The van der Waals surface area contributed by atoms with Crippen LogP contribution in [0, 0.1) is 47.4 Å². The van der Waals surface area contributed by atoms with E-state index in [-0.39, 0.29) is 0 Å². The molecule has 3 aromatic carbocycles. The molecule has 0 spiro atoms. The molecule has 0 aliphatic rings. The van der Waals surface area contributed by atoms with Crippen molar-refractivity contribution in [3.63, 3.8) is 0 Å². The van der Waals surface area contributed by atoms with Crippen LogP contribution in [-0.2, 0) is 0 Å². The fraction of sp³-hybridized carbons (Fsp3) is 0.316. The Morgan fingerprint density at radius 2 is 0.625 bits per heavy atom. The van der Waals surface area contributed by atoms with Crippen LogP contribution in [0.15, 0.2) is 84.9 Å². The molecule has 0 fully saturated rings. The van der Waals surface area contributed by atoms with Gasteiger partial charge in [-0.2, -0.15) is 0 Å². The van der Waals surface area contributed by atoms with Crippen LogP contribution in [-0.4, -0.2) is 61.3 Å². The van der Waals surface area contributed by atoms with E-state index in [1.165, 1.54) is 0 Å². The van der Waals surface area contributed by atoms with Gasteiger partial charge in [-0.25, -0.2) is 0 Å². The largest absolute Gasteiger partial charge is 0.304 e. The molecule has 0 saturated carbocycles. The van der Waals surface area contributed by atoms with E-state index >= 15 is 0 Å². The van der Waals surface area contributed by atoms with Crippen molar-refractivity contribution in [2.24, 2.45) is 0 Å². The maximum absolute atomic E-state index is 3.43. The third-order valence-electron chi connectivity index (χ3n) is 7.70. The number of benzene rings is 3. The molecule has 3 aromatic rings. The summed E-state index contributed by atoms with van der Waals surface area (Å²) in [6.07, 6.45) is 0. The Balaban J connectivity index is 1.59. The second-order valence-corrected chi connectivity index (χ2v) is 10.1. The van der Waals surface area contributed by atoms with Crippen LogP contribution in [0.25, 0.3) is 0 Å². The van der Waals surface area contributed by atoms with Crippen LogP contribution < -0.4 is 0 Å². The summed E-state index contributed by atoms with van der Waals surface area (Å²) >= 11 is 0. The predicted molar refractivity (Wildman–Crippen MR) is 169 cm³/mol. The summed E-state index contributed by atoms with van der Waals surface area (Å²) in [5, 5.41) is 0. The Bertz CT molecular complexity index is 1320. The SMILES string of the molecule is CC[N+](CC)(CC#Cc1ccccc1)CC#Cc1ccc(C#CC[N+](CC)(CC)CC#Cc2ccccc2)cc1. The highest BCUT2D eigenvalue weighted by Crippen LogP contribution is 2.08. The van der Waals surface area contributed by atoms with Gasteiger partial charge in [0.15, 0.2) is 0 Å². The van der Waals surface area contributed by atoms with Crippen molar-refractivity contribution in [1.29, 1.82) is 0 Å². The Morgan fingerprint density at radius 3 is 0.875 bits per heavy atom. The minimum Gasteiger partial charge on any atom is -0.304 e. The molecule has 0 saturated heterocycles. The highest BCUT2D eigenvalue weighted by molar-refractivity contribution is 5.42. The topological polar surface area (TPSA) is 0 Å². The zero-order valence-corrected chi connectivity index (χ0v) is 24.6. The minimum atomic E-state index is 0.791. The molecule has 0 radical (unpaired) electrons. The second-order valence-electron chi connectivity index (χ2n) is 10.1. The van der Waals surface area contributed by atoms with E-state index in [4.69, 9.17) is 0 Å². The predicted octanol–water partition coefficient (Wildman–Crippen LogP) is 6.21. The van der Waals surface area contributed by atoms with Gasteiger partial charge < -0.3 is 8.97 Å². The Hall–Kier alpha value is -4.18. The highest BCUT2D eigenvalue weighted by atomic mass is 15.3. The van der Waals surface area contributed by atoms with Crippen LogP contribution in [0.5, 0.6) is 0 Å². The molecular weight excluding hydrogens is 484 g/mol. The molecule has 0 aliphatic heterocycles. The van der Waals surface area contributed by atoms with Crippen LogP contribution in [0.3, 0.4) is 0 Å². The first kappa shape index (κ1) is 30.4. The first-order valence-corrected chi connectivity index (χ1v) is 14.4. The Kier molecular flexibility index (Phi) is 12.2. The standard InChI is InChI=1S/C38H42N2/c1-5-39(6-2,31-15-23-35-19-11-9-12-20-35)33-17-25-37-27-29-38(30-28-37)26-18-34-40(7-3,8-4)32-16-24-36-21-13-10-14-22-36/h9-14,19-22,27-30H,5-8,31-34H2,1-4H3/q+2. The molecule has 0 amide bonds. The van der Waals surface area contributed by atoms with Crippen molar-refractivity contribution in [2.45, 2.75) is 27.7 Å². The van der Waals surface area contributed by atoms with Gasteiger partial charge in [0.25, 0.3) is 0 Å². The fourth-order valence-corrected chi connectivity index (χ4v) is 4.37. The van der Waals surface area contributed by atoms with Crippen LogP contribution in [0.1, 0.15) is 49.9 Å². The van der Waals surface area contributed by atoms with Gasteiger partial charge in [-0.1, -0.05) is 60.1 Å². The second kappa shape index (κ2) is 16.0.